The van der Waals surface area contributed by atoms with E-state index in [1.54, 1.807) is 13.8 Å². The Hall–Kier alpha value is -3.34. The van der Waals surface area contributed by atoms with E-state index in [1.807, 2.05) is 36.4 Å². The van der Waals surface area contributed by atoms with Crippen molar-refractivity contribution < 1.29 is 23.8 Å². The van der Waals surface area contributed by atoms with Crippen LogP contribution in [0.5, 0.6) is 11.5 Å². The summed E-state index contributed by atoms with van der Waals surface area (Å²) in [5, 5.41) is 0. The molecule has 0 N–H and O–H groups in total. The van der Waals surface area contributed by atoms with Gasteiger partial charge in [-0.05, 0) is 87.8 Å². The van der Waals surface area contributed by atoms with Gasteiger partial charge in [0.1, 0.15) is 11.5 Å². The van der Waals surface area contributed by atoms with E-state index in [9.17, 15) is 9.59 Å². The molecule has 2 aromatic carbocycles. The number of benzene rings is 2. The molecule has 0 saturated heterocycles. The molecule has 0 aliphatic carbocycles. The fourth-order valence-electron chi connectivity index (χ4n) is 3.10. The van der Waals surface area contributed by atoms with E-state index in [4.69, 9.17) is 14.2 Å². The molecule has 0 spiro atoms. The van der Waals surface area contributed by atoms with Crippen molar-refractivity contribution in [3.63, 3.8) is 0 Å². The number of hydrogen-bond donors (Lipinski definition) is 0. The summed E-state index contributed by atoms with van der Waals surface area (Å²) < 4.78 is 16.3. The highest BCUT2D eigenvalue weighted by Crippen LogP contribution is 2.24. The van der Waals surface area contributed by atoms with Crippen LogP contribution in [-0.4, -0.2) is 25.2 Å². The van der Waals surface area contributed by atoms with Crippen molar-refractivity contribution in [1.82, 2.24) is 0 Å². The number of aryl methyl sites for hydroxylation is 2. The fourth-order valence-corrected chi connectivity index (χ4v) is 3.10. The van der Waals surface area contributed by atoms with Crippen LogP contribution >= 0.6 is 0 Å². The zero-order valence-corrected chi connectivity index (χ0v) is 19.7. The lowest BCUT2D eigenvalue weighted by Crippen LogP contribution is -2.06. The Kier molecular flexibility index (Phi) is 10.9. The van der Waals surface area contributed by atoms with Crippen LogP contribution in [0.2, 0.25) is 0 Å². The minimum atomic E-state index is -0.334. The van der Waals surface area contributed by atoms with Crippen LogP contribution in [0.25, 0.3) is 0 Å². The van der Waals surface area contributed by atoms with Crippen LogP contribution < -0.4 is 4.74 Å². The van der Waals surface area contributed by atoms with Gasteiger partial charge >= 0.3 is 11.9 Å². The van der Waals surface area contributed by atoms with Gasteiger partial charge in [0.25, 0.3) is 0 Å². The number of ether oxygens (including phenoxy) is 3. The van der Waals surface area contributed by atoms with E-state index < -0.39 is 0 Å². The second-order valence-electron chi connectivity index (χ2n) is 8.14. The highest BCUT2D eigenvalue weighted by atomic mass is 16.5. The molecule has 5 nitrogen and oxygen atoms in total. The summed E-state index contributed by atoms with van der Waals surface area (Å²) in [5.41, 5.74) is 3.21. The van der Waals surface area contributed by atoms with Crippen molar-refractivity contribution >= 4 is 11.9 Å². The number of hydrogen-bond acceptors (Lipinski definition) is 5. The normalized spacial score (nSPS) is 10.4. The van der Waals surface area contributed by atoms with Crippen LogP contribution in [0.3, 0.4) is 0 Å². The van der Waals surface area contributed by atoms with Crippen LogP contribution in [0.1, 0.15) is 50.7 Å². The summed E-state index contributed by atoms with van der Waals surface area (Å²) in [7, 11) is 0. The third-order valence-corrected chi connectivity index (χ3v) is 4.92. The second kappa shape index (κ2) is 13.9. The molecule has 33 heavy (non-hydrogen) atoms. The van der Waals surface area contributed by atoms with Crippen LogP contribution in [-0.2, 0) is 31.9 Å². The van der Waals surface area contributed by atoms with E-state index in [-0.39, 0.29) is 11.9 Å². The molecule has 0 heterocycles. The molecule has 0 amide bonds. The fraction of sp³-hybridized carbons (Fsp3) is 0.357. The molecule has 2 aromatic rings. The number of carbonyl (C=O) groups excluding carboxylic acids is 2. The number of esters is 2. The standard InChI is InChI=1S/C28H34O5/c1-21(2)27(29)31-17-7-5-11-23-13-9-15-25(19-23)33-26-16-10-14-24(20-26)12-6-8-18-32-28(30)22(3)4/h9-10,13-16,19-20H,1,3,5-8,11-12,17-18H2,2,4H3. The maximum atomic E-state index is 11.4. The summed E-state index contributed by atoms with van der Waals surface area (Å²) in [6.45, 7) is 11.3. The van der Waals surface area contributed by atoms with E-state index in [0.29, 0.717) is 24.4 Å². The smallest absolute Gasteiger partial charge is 0.333 e. The Balaban J connectivity index is 1.76. The Morgan fingerprint density at radius 2 is 1.12 bits per heavy atom. The Morgan fingerprint density at radius 3 is 1.52 bits per heavy atom. The zero-order valence-electron chi connectivity index (χ0n) is 19.7. The summed E-state index contributed by atoms with van der Waals surface area (Å²) in [5.74, 6) is 0.924. The Bertz CT molecular complexity index is 883. The monoisotopic (exact) mass is 450 g/mol. The molecule has 0 aliphatic heterocycles. The van der Waals surface area contributed by atoms with Crippen molar-refractivity contribution in [2.45, 2.75) is 52.4 Å². The van der Waals surface area contributed by atoms with E-state index in [2.05, 4.69) is 25.3 Å². The number of unbranched alkanes of at least 4 members (excludes halogenated alkanes) is 2. The van der Waals surface area contributed by atoms with Gasteiger partial charge in [0.15, 0.2) is 0 Å². The third-order valence-electron chi connectivity index (χ3n) is 4.92. The molecule has 0 aliphatic rings. The predicted octanol–water partition coefficient (Wildman–Crippen LogP) is 6.36. The Labute approximate surface area is 197 Å². The molecule has 2 rings (SSSR count). The molecular formula is C28H34O5. The van der Waals surface area contributed by atoms with Crippen molar-refractivity contribution in [1.29, 1.82) is 0 Å². The van der Waals surface area contributed by atoms with Crippen LogP contribution in [0.4, 0.5) is 0 Å². The molecular weight excluding hydrogens is 416 g/mol. The van der Waals surface area contributed by atoms with Gasteiger partial charge in [-0.15, -0.1) is 0 Å². The summed E-state index contributed by atoms with van der Waals surface area (Å²) in [6.07, 6.45) is 5.22. The minimum Gasteiger partial charge on any atom is -0.462 e. The lowest BCUT2D eigenvalue weighted by atomic mass is 10.1. The third kappa shape index (κ3) is 10.2. The van der Waals surface area contributed by atoms with E-state index in [0.717, 1.165) is 50.0 Å². The maximum Gasteiger partial charge on any atom is 0.333 e. The van der Waals surface area contributed by atoms with E-state index >= 15 is 0 Å². The molecule has 0 bridgehead atoms. The van der Waals surface area contributed by atoms with Crippen LogP contribution in [0, 0.1) is 0 Å². The molecule has 0 radical (unpaired) electrons. The van der Waals surface area contributed by atoms with Crippen molar-refractivity contribution in [2.24, 2.45) is 0 Å². The first-order valence-corrected chi connectivity index (χ1v) is 11.4. The SMILES string of the molecule is C=C(C)C(=O)OCCCCc1cccc(Oc2cccc(CCCCOC(=O)C(=C)C)c2)c1. The quantitative estimate of drug-likeness (QED) is 0.190. The number of rotatable bonds is 14. The highest BCUT2D eigenvalue weighted by molar-refractivity contribution is 5.87. The second-order valence-corrected chi connectivity index (χ2v) is 8.14. The lowest BCUT2D eigenvalue weighted by Gasteiger charge is -2.10. The first-order chi connectivity index (χ1) is 15.8. The van der Waals surface area contributed by atoms with Gasteiger partial charge in [0.05, 0.1) is 13.2 Å². The zero-order chi connectivity index (χ0) is 24.1. The number of carbonyl (C=O) groups is 2. The van der Waals surface area contributed by atoms with Gasteiger partial charge in [0, 0.05) is 11.1 Å². The van der Waals surface area contributed by atoms with Crippen molar-refractivity contribution in [2.75, 3.05) is 13.2 Å². The predicted molar refractivity (Wildman–Crippen MR) is 130 cm³/mol. The topological polar surface area (TPSA) is 61.8 Å². The molecule has 176 valence electrons. The Morgan fingerprint density at radius 1 is 0.697 bits per heavy atom. The largest absolute Gasteiger partial charge is 0.462 e. The molecule has 0 atom stereocenters. The average molecular weight is 451 g/mol. The van der Waals surface area contributed by atoms with Gasteiger partial charge in [0.2, 0.25) is 0 Å². The van der Waals surface area contributed by atoms with Crippen molar-refractivity contribution in [3.05, 3.63) is 84.0 Å². The first-order valence-electron chi connectivity index (χ1n) is 11.4. The van der Waals surface area contributed by atoms with E-state index in [1.165, 1.54) is 11.1 Å². The molecule has 0 fully saturated rings. The molecule has 5 heteroatoms. The van der Waals surface area contributed by atoms with Gasteiger partial charge in [-0.25, -0.2) is 9.59 Å². The molecule has 0 saturated carbocycles. The molecule has 0 aromatic heterocycles. The maximum absolute atomic E-state index is 11.4. The summed E-state index contributed by atoms with van der Waals surface area (Å²) in [4.78, 5) is 22.8. The first kappa shape index (κ1) is 25.9. The van der Waals surface area contributed by atoms with Gasteiger partial charge < -0.3 is 14.2 Å². The summed E-state index contributed by atoms with van der Waals surface area (Å²) >= 11 is 0. The minimum absolute atomic E-state index is 0.334. The molecule has 0 unspecified atom stereocenters. The highest BCUT2D eigenvalue weighted by Gasteiger charge is 2.05. The van der Waals surface area contributed by atoms with Crippen molar-refractivity contribution in [3.8, 4) is 11.5 Å². The lowest BCUT2D eigenvalue weighted by molar-refractivity contribution is -0.139. The van der Waals surface area contributed by atoms with Gasteiger partial charge in [-0.3, -0.25) is 0 Å². The van der Waals surface area contributed by atoms with Gasteiger partial charge in [-0.2, -0.15) is 0 Å². The average Bonchev–Trinajstić information content (AvgIpc) is 2.78. The van der Waals surface area contributed by atoms with Crippen LogP contribution in [0.15, 0.2) is 72.8 Å². The summed E-state index contributed by atoms with van der Waals surface area (Å²) in [6, 6.07) is 16.1. The van der Waals surface area contributed by atoms with Gasteiger partial charge in [-0.1, -0.05) is 37.4 Å².